The molecule has 0 aliphatic carbocycles. The van der Waals surface area contributed by atoms with Crippen LogP contribution in [-0.2, 0) is 10.0 Å². The Bertz CT molecular complexity index is 585. The van der Waals surface area contributed by atoms with Crippen LogP contribution in [0.3, 0.4) is 0 Å². The maximum Gasteiger partial charge on any atom is 0.328 e. The second kappa shape index (κ2) is 6.95. The van der Waals surface area contributed by atoms with Crippen molar-refractivity contribution in [1.82, 2.24) is 10.0 Å². The number of benzene rings is 1. The summed E-state index contributed by atoms with van der Waals surface area (Å²) in [6.45, 7) is 6.02. The van der Waals surface area contributed by atoms with Gasteiger partial charge in [-0.1, -0.05) is 32.4 Å². The third kappa shape index (κ3) is 4.38. The highest BCUT2D eigenvalue weighted by Gasteiger charge is 2.22. The zero-order chi connectivity index (χ0) is 15.3. The van der Waals surface area contributed by atoms with Gasteiger partial charge < -0.3 is 5.32 Å². The van der Waals surface area contributed by atoms with Gasteiger partial charge in [0, 0.05) is 11.6 Å². The van der Waals surface area contributed by atoms with Crippen LogP contribution in [0.2, 0.25) is 5.02 Å². The topological polar surface area (TPSA) is 75.3 Å². The molecule has 5 nitrogen and oxygen atoms in total. The van der Waals surface area contributed by atoms with Crippen molar-refractivity contribution in [2.75, 3.05) is 6.54 Å². The lowest BCUT2D eigenvalue weighted by Crippen LogP contribution is -2.40. The fourth-order valence-corrected chi connectivity index (χ4v) is 3.13. The average molecular weight is 319 g/mol. The predicted octanol–water partition coefficient (Wildman–Crippen LogP) is 2.86. The van der Waals surface area contributed by atoms with Crippen molar-refractivity contribution in [3.63, 3.8) is 0 Å². The summed E-state index contributed by atoms with van der Waals surface area (Å²) in [4.78, 5) is 11.6. The van der Waals surface area contributed by atoms with Crippen LogP contribution in [0.1, 0.15) is 38.7 Å². The maximum absolute atomic E-state index is 12.2. The van der Waals surface area contributed by atoms with Crippen LogP contribution in [0.5, 0.6) is 0 Å². The summed E-state index contributed by atoms with van der Waals surface area (Å²) >= 11 is 5.89. The molecule has 0 unspecified atom stereocenters. The Morgan fingerprint density at radius 1 is 1.35 bits per heavy atom. The molecule has 2 N–H and O–H groups in total. The molecular weight excluding hydrogens is 300 g/mol. The minimum atomic E-state index is -3.90. The van der Waals surface area contributed by atoms with E-state index in [9.17, 15) is 13.2 Å². The highest BCUT2D eigenvalue weighted by molar-refractivity contribution is 7.90. The van der Waals surface area contributed by atoms with Crippen LogP contribution >= 0.6 is 11.6 Å². The van der Waals surface area contributed by atoms with Gasteiger partial charge in [0.15, 0.2) is 0 Å². The molecule has 0 aliphatic heterocycles. The number of sulfonamides is 1. The van der Waals surface area contributed by atoms with Crippen molar-refractivity contribution in [1.29, 1.82) is 0 Å². The van der Waals surface area contributed by atoms with Crippen molar-refractivity contribution in [2.24, 2.45) is 0 Å². The quantitative estimate of drug-likeness (QED) is 0.876. The lowest BCUT2D eigenvalue weighted by atomic mass is 10.0. The molecule has 112 valence electrons. The Labute approximate surface area is 124 Å². The van der Waals surface area contributed by atoms with Gasteiger partial charge in [0.25, 0.3) is 10.0 Å². The maximum atomic E-state index is 12.2. The Kier molecular flexibility index (Phi) is 5.83. The van der Waals surface area contributed by atoms with Crippen LogP contribution in [0.15, 0.2) is 23.1 Å². The van der Waals surface area contributed by atoms with Gasteiger partial charge in [0.2, 0.25) is 0 Å². The van der Waals surface area contributed by atoms with Crippen LogP contribution in [0.4, 0.5) is 4.79 Å². The number of carbonyl (C=O) groups is 1. The highest BCUT2D eigenvalue weighted by atomic mass is 35.5. The van der Waals surface area contributed by atoms with E-state index >= 15 is 0 Å². The van der Waals surface area contributed by atoms with Crippen molar-refractivity contribution in [2.45, 2.75) is 38.0 Å². The van der Waals surface area contributed by atoms with E-state index in [4.69, 9.17) is 11.6 Å². The molecule has 1 rings (SSSR count). The second-order valence-corrected chi connectivity index (χ2v) is 6.79. The van der Waals surface area contributed by atoms with Gasteiger partial charge in [-0.3, -0.25) is 0 Å². The molecule has 0 radical (unpaired) electrons. The van der Waals surface area contributed by atoms with Crippen molar-refractivity contribution in [3.8, 4) is 0 Å². The normalized spacial score (nSPS) is 11.4. The van der Waals surface area contributed by atoms with Crippen LogP contribution < -0.4 is 10.0 Å². The van der Waals surface area contributed by atoms with Gasteiger partial charge in [0.05, 0.1) is 4.90 Å². The summed E-state index contributed by atoms with van der Waals surface area (Å²) in [5.41, 5.74) is 0.577. The summed E-state index contributed by atoms with van der Waals surface area (Å²) < 4.78 is 26.5. The zero-order valence-electron chi connectivity index (χ0n) is 11.7. The SMILES string of the molecule is CCCNC(=O)NS(=O)(=O)c1ccc(Cl)cc1C(C)C. The monoisotopic (exact) mass is 318 g/mol. The minimum absolute atomic E-state index is 0.0287. The Balaban J connectivity index is 3.07. The molecule has 0 saturated carbocycles. The fourth-order valence-electron chi connectivity index (χ4n) is 1.67. The number of rotatable bonds is 5. The van der Waals surface area contributed by atoms with Gasteiger partial charge >= 0.3 is 6.03 Å². The molecule has 0 atom stereocenters. The van der Waals surface area contributed by atoms with Crippen molar-refractivity contribution in [3.05, 3.63) is 28.8 Å². The lowest BCUT2D eigenvalue weighted by Gasteiger charge is -2.14. The predicted molar refractivity (Wildman–Crippen MR) is 79.6 cm³/mol. The van der Waals surface area contributed by atoms with E-state index < -0.39 is 16.1 Å². The molecule has 0 bridgehead atoms. The first-order chi connectivity index (χ1) is 9.27. The van der Waals surface area contributed by atoms with Crippen molar-refractivity contribution < 1.29 is 13.2 Å². The van der Waals surface area contributed by atoms with Gasteiger partial charge in [-0.25, -0.2) is 17.9 Å². The summed E-state index contributed by atoms with van der Waals surface area (Å²) in [5.74, 6) is -0.0287. The van der Waals surface area contributed by atoms with Crippen molar-refractivity contribution >= 4 is 27.7 Å². The molecule has 0 spiro atoms. The van der Waals surface area contributed by atoms with Gasteiger partial charge in [0.1, 0.15) is 0 Å². The molecule has 1 aromatic carbocycles. The Morgan fingerprint density at radius 3 is 2.55 bits per heavy atom. The smallest absolute Gasteiger partial charge is 0.328 e. The summed E-state index contributed by atoms with van der Waals surface area (Å²) in [6.07, 6.45) is 0.728. The number of hydrogen-bond donors (Lipinski definition) is 2. The lowest BCUT2D eigenvalue weighted by molar-refractivity contribution is 0.246. The zero-order valence-corrected chi connectivity index (χ0v) is 13.3. The van der Waals surface area contributed by atoms with Gasteiger partial charge in [-0.2, -0.15) is 0 Å². The molecular formula is C13H19ClN2O3S. The largest absolute Gasteiger partial charge is 0.337 e. The molecule has 0 fully saturated rings. The molecule has 1 aromatic rings. The molecule has 20 heavy (non-hydrogen) atoms. The van der Waals surface area contributed by atoms with Gasteiger partial charge in [-0.05, 0) is 36.1 Å². The third-order valence-electron chi connectivity index (χ3n) is 2.65. The first kappa shape index (κ1) is 16.8. The summed E-state index contributed by atoms with van der Waals surface area (Å²) in [7, 11) is -3.90. The summed E-state index contributed by atoms with van der Waals surface area (Å²) in [5, 5.41) is 2.92. The van der Waals surface area contributed by atoms with E-state index in [1.807, 2.05) is 25.5 Å². The summed E-state index contributed by atoms with van der Waals surface area (Å²) in [6, 6.07) is 3.78. The van der Waals surface area contributed by atoms with E-state index in [1.54, 1.807) is 6.07 Å². The van der Waals surface area contributed by atoms with E-state index in [2.05, 4.69) is 5.32 Å². The number of hydrogen-bond acceptors (Lipinski definition) is 3. The van der Waals surface area contributed by atoms with E-state index in [1.165, 1.54) is 12.1 Å². The minimum Gasteiger partial charge on any atom is -0.337 e. The highest BCUT2D eigenvalue weighted by Crippen LogP contribution is 2.26. The molecule has 0 aromatic heterocycles. The molecule has 0 saturated heterocycles. The average Bonchev–Trinajstić information content (AvgIpc) is 2.35. The molecule has 0 aliphatic rings. The number of nitrogens with one attached hydrogen (secondary N) is 2. The first-order valence-corrected chi connectivity index (χ1v) is 8.24. The Morgan fingerprint density at radius 2 is 2.00 bits per heavy atom. The molecule has 0 heterocycles. The number of amides is 2. The fraction of sp³-hybridized carbons (Fsp3) is 0.462. The Hall–Kier alpha value is -1.27. The van der Waals surface area contributed by atoms with Crippen LogP contribution in [-0.4, -0.2) is 21.0 Å². The number of halogens is 1. The number of carbonyl (C=O) groups excluding carboxylic acids is 1. The van der Waals surface area contributed by atoms with Crippen LogP contribution in [0, 0.1) is 0 Å². The first-order valence-electron chi connectivity index (χ1n) is 6.38. The van der Waals surface area contributed by atoms with Gasteiger partial charge in [-0.15, -0.1) is 0 Å². The van der Waals surface area contributed by atoms with E-state index in [-0.39, 0.29) is 10.8 Å². The van der Waals surface area contributed by atoms with E-state index in [0.29, 0.717) is 17.1 Å². The standard InChI is InChI=1S/C13H19ClN2O3S/c1-4-7-15-13(17)16-20(18,19)12-6-5-10(14)8-11(12)9(2)3/h5-6,8-9H,4,7H2,1-3H3,(H2,15,16,17). The van der Waals surface area contributed by atoms with Crippen LogP contribution in [0.25, 0.3) is 0 Å². The van der Waals surface area contributed by atoms with E-state index in [0.717, 1.165) is 6.42 Å². The third-order valence-corrected chi connectivity index (χ3v) is 4.29. The second-order valence-electron chi connectivity index (χ2n) is 4.70. The molecule has 7 heteroatoms. The molecule has 2 amide bonds. The number of urea groups is 1.